The predicted octanol–water partition coefficient (Wildman–Crippen LogP) is 2.67. The minimum absolute atomic E-state index is 0.196. The Morgan fingerprint density at radius 1 is 1.29 bits per heavy atom. The lowest BCUT2D eigenvalue weighted by Gasteiger charge is -2.45. The summed E-state index contributed by atoms with van der Waals surface area (Å²) in [5.41, 5.74) is 1.57. The predicted molar refractivity (Wildman–Crippen MR) is 70.7 cm³/mol. The third-order valence-corrected chi connectivity index (χ3v) is 3.93. The Labute approximate surface area is 104 Å². The smallest absolute Gasteiger partial charge is 0.0460 e. The monoisotopic (exact) mass is 233 g/mol. The molecule has 0 amide bonds. The van der Waals surface area contributed by atoms with Gasteiger partial charge >= 0.3 is 0 Å². The van der Waals surface area contributed by atoms with Crippen LogP contribution in [0.25, 0.3) is 0 Å². The maximum Gasteiger partial charge on any atom is 0.0460 e. The van der Waals surface area contributed by atoms with Crippen molar-refractivity contribution in [1.29, 1.82) is 0 Å². The normalized spacial score (nSPS) is 24.8. The van der Waals surface area contributed by atoms with Gasteiger partial charge in [-0.1, -0.05) is 30.3 Å². The van der Waals surface area contributed by atoms with E-state index in [2.05, 4.69) is 49.1 Å². The lowest BCUT2D eigenvalue weighted by Crippen LogP contribution is -2.49. The Bertz CT molecular complexity index is 347. The van der Waals surface area contributed by atoms with Gasteiger partial charge in [-0.15, -0.1) is 0 Å². The van der Waals surface area contributed by atoms with Crippen molar-refractivity contribution in [3.05, 3.63) is 35.9 Å². The van der Waals surface area contributed by atoms with Crippen molar-refractivity contribution in [3.8, 4) is 0 Å². The third-order valence-electron chi connectivity index (χ3n) is 3.93. The quantitative estimate of drug-likeness (QED) is 0.867. The molecule has 1 aromatic carbocycles. The Kier molecular flexibility index (Phi) is 3.85. The molecule has 17 heavy (non-hydrogen) atoms. The standard InChI is InChI=1S/C15H23NO/c1-15(2)10-14(12-17)8-9-16(15)11-13-6-4-3-5-7-13/h3-7,14,17H,8-12H2,1-2H3. The first-order valence-corrected chi connectivity index (χ1v) is 6.51. The van der Waals surface area contributed by atoms with Crippen molar-refractivity contribution in [2.45, 2.75) is 38.8 Å². The van der Waals surface area contributed by atoms with Crippen LogP contribution in [-0.2, 0) is 6.54 Å². The van der Waals surface area contributed by atoms with Crippen LogP contribution in [0.3, 0.4) is 0 Å². The summed E-state index contributed by atoms with van der Waals surface area (Å²) in [7, 11) is 0. The molecule has 1 atom stereocenters. The zero-order chi connectivity index (χ0) is 12.3. The van der Waals surface area contributed by atoms with E-state index in [1.165, 1.54) is 5.56 Å². The first-order chi connectivity index (χ1) is 8.12. The first kappa shape index (κ1) is 12.6. The minimum Gasteiger partial charge on any atom is -0.396 e. The van der Waals surface area contributed by atoms with E-state index < -0.39 is 0 Å². The Hall–Kier alpha value is -0.860. The average Bonchev–Trinajstić information content (AvgIpc) is 2.33. The number of likely N-dealkylation sites (tertiary alicyclic amines) is 1. The lowest BCUT2D eigenvalue weighted by atomic mass is 9.83. The maximum absolute atomic E-state index is 9.28. The summed E-state index contributed by atoms with van der Waals surface area (Å²) in [6.45, 7) is 7.03. The van der Waals surface area contributed by atoms with Crippen molar-refractivity contribution in [1.82, 2.24) is 4.90 Å². The molecule has 2 nitrogen and oxygen atoms in total. The van der Waals surface area contributed by atoms with Gasteiger partial charge in [0.15, 0.2) is 0 Å². The van der Waals surface area contributed by atoms with E-state index >= 15 is 0 Å². The maximum atomic E-state index is 9.28. The van der Waals surface area contributed by atoms with Gasteiger partial charge < -0.3 is 5.11 Å². The van der Waals surface area contributed by atoms with Crippen LogP contribution in [0.5, 0.6) is 0 Å². The highest BCUT2D eigenvalue weighted by Gasteiger charge is 2.34. The second kappa shape index (κ2) is 5.19. The van der Waals surface area contributed by atoms with E-state index in [4.69, 9.17) is 0 Å². The highest BCUT2D eigenvalue weighted by atomic mass is 16.3. The van der Waals surface area contributed by atoms with Crippen molar-refractivity contribution in [2.24, 2.45) is 5.92 Å². The van der Waals surface area contributed by atoms with Crippen LogP contribution in [0, 0.1) is 5.92 Å². The number of piperidine rings is 1. The Morgan fingerprint density at radius 3 is 2.59 bits per heavy atom. The topological polar surface area (TPSA) is 23.5 Å². The molecule has 0 aromatic heterocycles. The molecule has 94 valence electrons. The molecule has 1 unspecified atom stereocenters. The highest BCUT2D eigenvalue weighted by Crippen LogP contribution is 2.32. The van der Waals surface area contributed by atoms with Gasteiger partial charge in [0.25, 0.3) is 0 Å². The molecule has 0 aliphatic carbocycles. The van der Waals surface area contributed by atoms with E-state index in [1.54, 1.807) is 0 Å². The molecule has 1 heterocycles. The van der Waals surface area contributed by atoms with Gasteiger partial charge in [0, 0.05) is 18.7 Å². The van der Waals surface area contributed by atoms with Crippen LogP contribution < -0.4 is 0 Å². The van der Waals surface area contributed by atoms with Crippen LogP contribution in [0.4, 0.5) is 0 Å². The summed E-state index contributed by atoms with van der Waals surface area (Å²) in [4.78, 5) is 2.54. The fourth-order valence-electron chi connectivity index (χ4n) is 2.83. The van der Waals surface area contributed by atoms with Gasteiger partial charge in [-0.3, -0.25) is 4.90 Å². The number of benzene rings is 1. The molecule has 1 aliphatic heterocycles. The van der Waals surface area contributed by atoms with Crippen LogP contribution in [0.15, 0.2) is 30.3 Å². The fourth-order valence-corrected chi connectivity index (χ4v) is 2.83. The van der Waals surface area contributed by atoms with Gasteiger partial charge in [0.05, 0.1) is 0 Å². The summed E-state index contributed by atoms with van der Waals surface area (Å²) in [6.07, 6.45) is 2.21. The molecule has 0 bridgehead atoms. The first-order valence-electron chi connectivity index (χ1n) is 6.51. The zero-order valence-corrected chi connectivity index (χ0v) is 10.9. The van der Waals surface area contributed by atoms with Crippen LogP contribution in [0.2, 0.25) is 0 Å². The molecular formula is C15H23NO. The Morgan fingerprint density at radius 2 is 2.00 bits per heavy atom. The van der Waals surface area contributed by atoms with Gasteiger partial charge in [0.1, 0.15) is 0 Å². The van der Waals surface area contributed by atoms with Gasteiger partial charge in [-0.25, -0.2) is 0 Å². The molecule has 2 heteroatoms. The van der Waals surface area contributed by atoms with E-state index in [1.807, 2.05) is 0 Å². The molecule has 1 N–H and O–H groups in total. The molecule has 1 aromatic rings. The molecule has 1 aliphatic rings. The van der Waals surface area contributed by atoms with Crippen molar-refractivity contribution in [3.63, 3.8) is 0 Å². The Balaban J connectivity index is 2.02. The molecular weight excluding hydrogens is 210 g/mol. The number of rotatable bonds is 3. The van der Waals surface area contributed by atoms with Crippen molar-refractivity contribution in [2.75, 3.05) is 13.2 Å². The second-order valence-electron chi connectivity index (χ2n) is 5.76. The minimum atomic E-state index is 0.196. The molecule has 2 rings (SSSR count). The third kappa shape index (κ3) is 3.08. The number of hydrogen-bond acceptors (Lipinski definition) is 2. The number of hydrogen-bond donors (Lipinski definition) is 1. The van der Waals surface area contributed by atoms with Gasteiger partial charge in [-0.2, -0.15) is 0 Å². The molecule has 1 saturated heterocycles. The summed E-state index contributed by atoms with van der Waals surface area (Å²) in [5, 5.41) is 9.28. The molecule has 0 radical (unpaired) electrons. The number of aliphatic hydroxyl groups excluding tert-OH is 1. The van der Waals surface area contributed by atoms with Gasteiger partial charge in [0.2, 0.25) is 0 Å². The summed E-state index contributed by atoms with van der Waals surface area (Å²) in [6, 6.07) is 10.6. The largest absolute Gasteiger partial charge is 0.396 e. The number of aliphatic hydroxyl groups is 1. The zero-order valence-electron chi connectivity index (χ0n) is 10.9. The van der Waals surface area contributed by atoms with Gasteiger partial charge in [-0.05, 0) is 44.7 Å². The van der Waals surface area contributed by atoms with E-state index in [9.17, 15) is 5.11 Å². The molecule has 0 saturated carbocycles. The average molecular weight is 233 g/mol. The number of nitrogens with zero attached hydrogens (tertiary/aromatic N) is 1. The van der Waals surface area contributed by atoms with Crippen LogP contribution in [0.1, 0.15) is 32.3 Å². The SMILES string of the molecule is CC1(C)CC(CO)CCN1Cc1ccccc1. The highest BCUT2D eigenvalue weighted by molar-refractivity contribution is 5.15. The van der Waals surface area contributed by atoms with E-state index in [0.717, 1.165) is 25.9 Å². The summed E-state index contributed by atoms with van der Waals surface area (Å²) in [5.74, 6) is 0.483. The summed E-state index contributed by atoms with van der Waals surface area (Å²) >= 11 is 0. The molecule has 1 fully saturated rings. The van der Waals surface area contributed by atoms with Crippen LogP contribution >= 0.6 is 0 Å². The van der Waals surface area contributed by atoms with E-state index in [0.29, 0.717) is 12.5 Å². The summed E-state index contributed by atoms with van der Waals surface area (Å²) < 4.78 is 0. The van der Waals surface area contributed by atoms with Crippen molar-refractivity contribution >= 4 is 0 Å². The lowest BCUT2D eigenvalue weighted by molar-refractivity contribution is 0.0216. The fraction of sp³-hybridized carbons (Fsp3) is 0.600. The van der Waals surface area contributed by atoms with Crippen molar-refractivity contribution < 1.29 is 5.11 Å². The van der Waals surface area contributed by atoms with Crippen LogP contribution in [-0.4, -0.2) is 28.7 Å². The molecule has 0 spiro atoms. The second-order valence-corrected chi connectivity index (χ2v) is 5.76. The van der Waals surface area contributed by atoms with E-state index in [-0.39, 0.29) is 5.54 Å².